The van der Waals surface area contributed by atoms with E-state index < -0.39 is 17.3 Å². The van der Waals surface area contributed by atoms with E-state index in [0.717, 1.165) is 6.07 Å². The number of halogens is 3. The summed E-state index contributed by atoms with van der Waals surface area (Å²) in [6, 6.07) is 0.787. The summed E-state index contributed by atoms with van der Waals surface area (Å²) in [4.78, 5) is 17.3. The van der Waals surface area contributed by atoms with Crippen LogP contribution in [-0.2, 0) is 15.7 Å². The van der Waals surface area contributed by atoms with Crippen molar-refractivity contribution in [1.82, 2.24) is 9.88 Å². The number of hydrogen-bond acceptors (Lipinski definition) is 6. The summed E-state index contributed by atoms with van der Waals surface area (Å²) >= 11 is 0. The van der Waals surface area contributed by atoms with Gasteiger partial charge in [0.25, 0.3) is 0 Å². The minimum absolute atomic E-state index is 0.0276. The number of aromatic nitrogens is 1. The van der Waals surface area contributed by atoms with E-state index in [1.165, 1.54) is 0 Å². The number of nitrogens with zero attached hydrogens (tertiary/aromatic N) is 2. The van der Waals surface area contributed by atoms with Crippen LogP contribution in [0.1, 0.15) is 39.2 Å². The number of rotatable bonds is 5. The van der Waals surface area contributed by atoms with Crippen LogP contribution in [0.15, 0.2) is 12.3 Å². The Bertz CT molecular complexity index is 669. The number of ether oxygens (including phenoxy) is 3. The van der Waals surface area contributed by atoms with E-state index in [1.54, 1.807) is 4.90 Å². The lowest BCUT2D eigenvalue weighted by molar-refractivity contribution is -0.137. The van der Waals surface area contributed by atoms with Crippen molar-refractivity contribution in [2.24, 2.45) is 0 Å². The predicted octanol–water partition coefficient (Wildman–Crippen LogP) is 3.48. The van der Waals surface area contributed by atoms with Gasteiger partial charge in [-0.25, -0.2) is 9.78 Å². The number of anilines is 1. The molecule has 28 heavy (non-hydrogen) atoms. The summed E-state index contributed by atoms with van der Waals surface area (Å²) in [5, 5.41) is 0. The molecule has 1 amide bonds. The van der Waals surface area contributed by atoms with Gasteiger partial charge in [0.2, 0.25) is 5.88 Å². The summed E-state index contributed by atoms with van der Waals surface area (Å²) in [6.45, 7) is 6.87. The molecule has 1 aromatic rings. The number of amides is 1. The van der Waals surface area contributed by atoms with Gasteiger partial charge in [0.05, 0.1) is 24.0 Å². The van der Waals surface area contributed by atoms with Crippen LogP contribution in [0.5, 0.6) is 5.88 Å². The van der Waals surface area contributed by atoms with Crippen molar-refractivity contribution in [3.05, 3.63) is 17.8 Å². The van der Waals surface area contributed by atoms with Gasteiger partial charge in [-0.15, -0.1) is 0 Å². The van der Waals surface area contributed by atoms with Gasteiger partial charge in [-0.2, -0.15) is 13.2 Å². The maximum Gasteiger partial charge on any atom is 0.417 e. The average Bonchev–Trinajstić information content (AvgIpc) is 2.58. The molecule has 0 aliphatic carbocycles. The maximum absolute atomic E-state index is 12.6. The standard InChI is InChI=1S/C18H26F3N3O4/c1-17(2,3)28-16(25)24-6-4-13(5-7-24)26-8-9-27-15-14(22)10-12(11-23-15)18(19,20)21/h10-11,13H,4-9,22H2,1-3H3. The zero-order valence-electron chi connectivity index (χ0n) is 16.2. The van der Waals surface area contributed by atoms with E-state index >= 15 is 0 Å². The minimum atomic E-state index is -4.50. The molecule has 2 N–H and O–H groups in total. The first-order valence-electron chi connectivity index (χ1n) is 9.01. The molecule has 0 spiro atoms. The van der Waals surface area contributed by atoms with Crippen molar-refractivity contribution >= 4 is 11.8 Å². The first-order valence-corrected chi connectivity index (χ1v) is 9.01. The molecule has 0 atom stereocenters. The third-order valence-corrected chi connectivity index (χ3v) is 3.98. The Labute approximate surface area is 161 Å². The zero-order chi connectivity index (χ0) is 20.9. The molecule has 1 aromatic heterocycles. The molecule has 1 fully saturated rings. The van der Waals surface area contributed by atoms with E-state index in [2.05, 4.69) is 4.98 Å². The maximum atomic E-state index is 12.6. The second kappa shape index (κ2) is 8.85. The molecular formula is C18H26F3N3O4. The number of alkyl halides is 3. The van der Waals surface area contributed by atoms with Crippen LogP contribution in [0.2, 0.25) is 0 Å². The number of piperidine rings is 1. The Kier molecular flexibility index (Phi) is 6.97. The van der Waals surface area contributed by atoms with Crippen molar-refractivity contribution in [3.8, 4) is 5.88 Å². The van der Waals surface area contributed by atoms with Gasteiger partial charge in [-0.1, -0.05) is 0 Å². The van der Waals surface area contributed by atoms with Gasteiger partial charge >= 0.3 is 12.3 Å². The number of pyridine rings is 1. The van der Waals surface area contributed by atoms with Crippen LogP contribution in [0.4, 0.5) is 23.7 Å². The molecule has 2 rings (SSSR count). The van der Waals surface area contributed by atoms with Crippen LogP contribution in [0.25, 0.3) is 0 Å². The highest BCUT2D eigenvalue weighted by molar-refractivity contribution is 5.68. The Morgan fingerprint density at radius 2 is 1.89 bits per heavy atom. The molecule has 0 aromatic carbocycles. The van der Waals surface area contributed by atoms with Crippen LogP contribution in [-0.4, -0.2) is 54.0 Å². The summed E-state index contributed by atoms with van der Waals surface area (Å²) in [6.07, 6.45) is -2.85. The second-order valence-electron chi connectivity index (χ2n) is 7.50. The average molecular weight is 405 g/mol. The molecule has 1 aliphatic heterocycles. The summed E-state index contributed by atoms with van der Waals surface area (Å²) < 4.78 is 54.1. The molecule has 0 radical (unpaired) electrons. The van der Waals surface area contributed by atoms with Gasteiger partial charge in [0.1, 0.15) is 12.2 Å². The largest absolute Gasteiger partial charge is 0.474 e. The van der Waals surface area contributed by atoms with Crippen LogP contribution >= 0.6 is 0 Å². The quantitative estimate of drug-likeness (QED) is 0.755. The van der Waals surface area contributed by atoms with Gasteiger partial charge in [0, 0.05) is 19.3 Å². The van der Waals surface area contributed by atoms with Crippen molar-refractivity contribution in [2.45, 2.75) is 51.5 Å². The molecule has 158 valence electrons. The lowest BCUT2D eigenvalue weighted by Crippen LogP contribution is -2.43. The van der Waals surface area contributed by atoms with Crippen molar-refractivity contribution < 1.29 is 32.2 Å². The fraction of sp³-hybridized carbons (Fsp3) is 0.667. The third kappa shape index (κ3) is 6.74. The van der Waals surface area contributed by atoms with Crippen molar-refractivity contribution in [1.29, 1.82) is 0 Å². The first-order chi connectivity index (χ1) is 13.0. The lowest BCUT2D eigenvalue weighted by Gasteiger charge is -2.33. The summed E-state index contributed by atoms with van der Waals surface area (Å²) in [5.74, 6) is -0.0589. The normalized spacial score (nSPS) is 16.1. The Morgan fingerprint density at radius 3 is 2.43 bits per heavy atom. The molecule has 10 heteroatoms. The highest BCUT2D eigenvalue weighted by Crippen LogP contribution is 2.32. The molecule has 0 bridgehead atoms. The molecule has 0 unspecified atom stereocenters. The van der Waals surface area contributed by atoms with Crippen LogP contribution in [0, 0.1) is 0 Å². The van der Waals surface area contributed by atoms with Gasteiger partial charge in [-0.05, 0) is 39.7 Å². The van der Waals surface area contributed by atoms with E-state index in [0.29, 0.717) is 32.1 Å². The number of likely N-dealkylation sites (tertiary alicyclic amines) is 1. The lowest BCUT2D eigenvalue weighted by atomic mass is 10.1. The summed E-state index contributed by atoms with van der Waals surface area (Å²) in [5.41, 5.74) is 3.92. The second-order valence-corrected chi connectivity index (χ2v) is 7.50. The highest BCUT2D eigenvalue weighted by Gasteiger charge is 2.31. The van der Waals surface area contributed by atoms with Gasteiger partial charge in [0.15, 0.2) is 0 Å². The van der Waals surface area contributed by atoms with Crippen molar-refractivity contribution in [2.75, 3.05) is 32.0 Å². The number of carbonyl (C=O) groups is 1. The van der Waals surface area contributed by atoms with E-state index in [-0.39, 0.29) is 37.0 Å². The van der Waals surface area contributed by atoms with E-state index in [9.17, 15) is 18.0 Å². The SMILES string of the molecule is CC(C)(C)OC(=O)N1CCC(OCCOc2ncc(C(F)(F)F)cc2N)CC1. The molecule has 7 nitrogen and oxygen atoms in total. The third-order valence-electron chi connectivity index (χ3n) is 3.98. The Balaban J connectivity index is 1.69. The fourth-order valence-electron chi connectivity index (χ4n) is 2.63. The van der Waals surface area contributed by atoms with E-state index in [1.807, 2.05) is 20.8 Å². The molecule has 2 heterocycles. The number of nitrogen functional groups attached to an aromatic ring is 1. The van der Waals surface area contributed by atoms with Gasteiger partial charge in [-0.3, -0.25) is 0 Å². The predicted molar refractivity (Wildman–Crippen MR) is 95.9 cm³/mol. The molecular weight excluding hydrogens is 379 g/mol. The molecule has 1 aliphatic rings. The summed E-state index contributed by atoms with van der Waals surface area (Å²) in [7, 11) is 0. The van der Waals surface area contributed by atoms with Gasteiger partial charge < -0.3 is 24.8 Å². The topological polar surface area (TPSA) is 86.9 Å². The highest BCUT2D eigenvalue weighted by atomic mass is 19.4. The number of hydrogen-bond donors (Lipinski definition) is 1. The van der Waals surface area contributed by atoms with Crippen LogP contribution in [0.3, 0.4) is 0 Å². The zero-order valence-corrected chi connectivity index (χ0v) is 16.2. The van der Waals surface area contributed by atoms with Crippen molar-refractivity contribution in [3.63, 3.8) is 0 Å². The number of carbonyl (C=O) groups excluding carboxylic acids is 1. The monoisotopic (exact) mass is 405 g/mol. The smallest absolute Gasteiger partial charge is 0.417 e. The molecule has 0 saturated carbocycles. The minimum Gasteiger partial charge on any atom is -0.474 e. The molecule has 1 saturated heterocycles. The Morgan fingerprint density at radius 1 is 1.25 bits per heavy atom. The first kappa shape index (κ1) is 22.1. The Hall–Kier alpha value is -2.23. The van der Waals surface area contributed by atoms with Crippen LogP contribution < -0.4 is 10.5 Å². The number of nitrogens with two attached hydrogens (primary N) is 1. The fourth-order valence-corrected chi connectivity index (χ4v) is 2.63. The van der Waals surface area contributed by atoms with E-state index in [4.69, 9.17) is 19.9 Å².